The van der Waals surface area contributed by atoms with Crippen LogP contribution in [0.4, 0.5) is 11.4 Å². The Morgan fingerprint density at radius 1 is 0.485 bits per heavy atom. The molecule has 312 valence electrons. The van der Waals surface area contributed by atoms with Gasteiger partial charge in [-0.1, -0.05) is 201 Å². The normalized spacial score (nSPS) is 15.1. The van der Waals surface area contributed by atoms with Gasteiger partial charge in [-0.15, -0.1) is 0 Å². The number of hydrogen-bond donors (Lipinski definition) is 1. The van der Waals surface area contributed by atoms with Crippen LogP contribution in [0.15, 0.2) is 237 Å². The van der Waals surface area contributed by atoms with Gasteiger partial charge < -0.3 is 9.88 Å². The van der Waals surface area contributed by atoms with Crippen molar-refractivity contribution in [1.82, 2.24) is 4.57 Å². The number of anilines is 2. The number of nitrogens with one attached hydrogen (secondary N) is 1. The van der Waals surface area contributed by atoms with E-state index in [1.165, 1.54) is 99.0 Å². The molecule has 1 heterocycles. The van der Waals surface area contributed by atoms with Gasteiger partial charge in [0.15, 0.2) is 0 Å². The summed E-state index contributed by atoms with van der Waals surface area (Å²) >= 11 is 0. The van der Waals surface area contributed by atoms with E-state index in [-0.39, 0.29) is 0 Å². The molecule has 0 fully saturated rings. The third-order valence-electron chi connectivity index (χ3n) is 14.5. The summed E-state index contributed by atoms with van der Waals surface area (Å²) in [4.78, 5) is 0. The van der Waals surface area contributed by atoms with Gasteiger partial charge in [0.2, 0.25) is 0 Å². The van der Waals surface area contributed by atoms with Gasteiger partial charge in [-0.3, -0.25) is 0 Å². The molecular weight excluding hydrogens is 797 g/mol. The van der Waals surface area contributed by atoms with Crippen molar-refractivity contribution in [2.24, 2.45) is 5.92 Å². The highest BCUT2D eigenvalue weighted by Gasteiger charge is 2.47. The Hall–Kier alpha value is -8.20. The number of aromatic nitrogens is 1. The van der Waals surface area contributed by atoms with Crippen molar-refractivity contribution in [3.05, 3.63) is 270 Å². The maximum atomic E-state index is 3.85. The van der Waals surface area contributed by atoms with Gasteiger partial charge in [0.25, 0.3) is 0 Å². The number of rotatable bonds is 7. The van der Waals surface area contributed by atoms with Crippen LogP contribution in [0.3, 0.4) is 0 Å². The Morgan fingerprint density at radius 2 is 1.14 bits per heavy atom. The van der Waals surface area contributed by atoms with Crippen LogP contribution < -0.4 is 5.32 Å². The van der Waals surface area contributed by atoms with Crippen LogP contribution in [0.2, 0.25) is 0 Å². The number of fused-ring (bicyclic) bond motifs is 9. The molecule has 2 aliphatic rings. The lowest BCUT2D eigenvalue weighted by Crippen LogP contribution is -2.28. The number of benzene rings is 10. The van der Waals surface area contributed by atoms with E-state index >= 15 is 0 Å². The summed E-state index contributed by atoms with van der Waals surface area (Å²) in [5.41, 5.74) is 18.1. The Labute approximate surface area is 385 Å². The third kappa shape index (κ3) is 5.81. The topological polar surface area (TPSA) is 17.0 Å². The van der Waals surface area contributed by atoms with Crippen molar-refractivity contribution in [3.8, 4) is 16.8 Å². The molecule has 2 nitrogen and oxygen atoms in total. The minimum absolute atomic E-state index is 0.334. The summed E-state index contributed by atoms with van der Waals surface area (Å²) in [5, 5.41) is 11.3. The molecule has 1 N–H and O–H groups in total. The first kappa shape index (κ1) is 38.3. The lowest BCUT2D eigenvalue weighted by atomic mass is 9.67. The fourth-order valence-electron chi connectivity index (χ4n) is 11.5. The summed E-state index contributed by atoms with van der Waals surface area (Å²) in [6.45, 7) is 2.38. The van der Waals surface area contributed by atoms with E-state index in [4.69, 9.17) is 0 Å². The van der Waals surface area contributed by atoms with E-state index in [0.717, 1.165) is 23.5 Å². The second kappa shape index (κ2) is 15.2. The summed E-state index contributed by atoms with van der Waals surface area (Å²) in [5.74, 6) is 0.334. The average molecular weight is 843 g/mol. The minimum Gasteiger partial charge on any atom is -0.355 e. The molecule has 1 unspecified atom stereocenters. The highest BCUT2D eigenvalue weighted by Crippen LogP contribution is 2.59. The molecule has 10 aromatic carbocycles. The SMILES string of the molecule is CC1CC=C(c2ccccc2Nc2cccc3ccccc23)C=C1c1ccc2c(c1)c1c3c(ccc1n2-c1ccc2ccccc2c1)-c1ccccc1C3(c1ccccc1)c1ccccc1. The van der Waals surface area contributed by atoms with E-state index < -0.39 is 5.41 Å². The monoisotopic (exact) mass is 842 g/mol. The van der Waals surface area contributed by atoms with E-state index in [0.29, 0.717) is 5.92 Å². The Kier molecular flexibility index (Phi) is 8.83. The Balaban J connectivity index is 1.06. The number of allylic oxidation sites excluding steroid dienone is 4. The van der Waals surface area contributed by atoms with Crippen LogP contribution in [0.25, 0.3) is 71.3 Å². The first-order valence-electron chi connectivity index (χ1n) is 23.2. The molecular formula is C64H46N2. The minimum atomic E-state index is -0.555. The number of para-hydroxylation sites is 1. The van der Waals surface area contributed by atoms with Crippen LogP contribution >= 0.6 is 0 Å². The molecule has 0 saturated carbocycles. The number of hydrogen-bond acceptors (Lipinski definition) is 1. The largest absolute Gasteiger partial charge is 0.355 e. The fraction of sp³-hybridized carbons (Fsp3) is 0.0625. The molecule has 13 rings (SSSR count). The zero-order valence-corrected chi connectivity index (χ0v) is 36.7. The lowest BCUT2D eigenvalue weighted by Gasteiger charge is -2.34. The second-order valence-electron chi connectivity index (χ2n) is 18.1. The third-order valence-corrected chi connectivity index (χ3v) is 14.5. The highest BCUT2D eigenvalue weighted by molar-refractivity contribution is 6.16. The Morgan fingerprint density at radius 3 is 1.95 bits per heavy atom. The van der Waals surface area contributed by atoms with Gasteiger partial charge in [0, 0.05) is 38.8 Å². The second-order valence-corrected chi connectivity index (χ2v) is 18.1. The van der Waals surface area contributed by atoms with Crippen molar-refractivity contribution in [3.63, 3.8) is 0 Å². The smallest absolute Gasteiger partial charge is 0.0720 e. The molecule has 0 spiro atoms. The van der Waals surface area contributed by atoms with Crippen molar-refractivity contribution in [2.45, 2.75) is 18.8 Å². The predicted molar refractivity (Wildman–Crippen MR) is 279 cm³/mol. The zero-order chi connectivity index (χ0) is 43.8. The zero-order valence-electron chi connectivity index (χ0n) is 36.7. The fourth-order valence-corrected chi connectivity index (χ4v) is 11.5. The molecule has 0 amide bonds. The summed E-state index contributed by atoms with van der Waals surface area (Å²) in [6, 6.07) is 83.1. The molecule has 1 aromatic heterocycles. The van der Waals surface area contributed by atoms with Gasteiger partial charge >= 0.3 is 0 Å². The Bertz CT molecular complexity index is 3730. The van der Waals surface area contributed by atoms with Gasteiger partial charge in [-0.2, -0.15) is 0 Å². The molecule has 1 atom stereocenters. The van der Waals surface area contributed by atoms with E-state index in [1.807, 2.05) is 0 Å². The first-order chi connectivity index (χ1) is 32.6. The van der Waals surface area contributed by atoms with Crippen LogP contribution in [-0.4, -0.2) is 4.57 Å². The van der Waals surface area contributed by atoms with Crippen LogP contribution in [0.1, 0.15) is 46.7 Å². The average Bonchev–Trinajstić information content (AvgIpc) is 3.88. The summed E-state index contributed by atoms with van der Waals surface area (Å²) in [6.07, 6.45) is 5.84. The standard InChI is InChI=1S/C64H46N2/c1-42-31-32-46(52-26-13-15-29-58(52)65-59-30-16-20-44-18-10-11-25-51(44)59)40-55(42)47-34-37-60-56(41-47)62-61(66(60)50-35-33-43-17-8-9-19-45(43)39-50)38-36-54-53-27-12-14-28-57(53)64(63(54)62,48-21-4-2-5-22-48)49-23-6-3-7-24-49/h2-30,32-42,65H,31H2,1H3. The molecule has 2 heteroatoms. The molecule has 0 radical (unpaired) electrons. The highest BCUT2D eigenvalue weighted by atomic mass is 15.0. The van der Waals surface area contributed by atoms with Gasteiger partial charge in [-0.25, -0.2) is 0 Å². The predicted octanol–water partition coefficient (Wildman–Crippen LogP) is 16.7. The van der Waals surface area contributed by atoms with E-state index in [9.17, 15) is 0 Å². The molecule has 2 aliphatic carbocycles. The van der Waals surface area contributed by atoms with Crippen molar-refractivity contribution in [2.75, 3.05) is 5.32 Å². The van der Waals surface area contributed by atoms with Crippen molar-refractivity contribution < 1.29 is 0 Å². The van der Waals surface area contributed by atoms with E-state index in [2.05, 4.69) is 253 Å². The maximum Gasteiger partial charge on any atom is 0.0720 e. The van der Waals surface area contributed by atoms with Crippen LogP contribution in [0.5, 0.6) is 0 Å². The van der Waals surface area contributed by atoms with Gasteiger partial charge in [-0.05, 0) is 121 Å². The molecule has 66 heavy (non-hydrogen) atoms. The van der Waals surface area contributed by atoms with Crippen molar-refractivity contribution >= 4 is 65.9 Å². The lowest BCUT2D eigenvalue weighted by molar-refractivity contribution is 0.761. The quantitative estimate of drug-likeness (QED) is 0.169. The van der Waals surface area contributed by atoms with E-state index in [1.54, 1.807) is 0 Å². The molecule has 0 aliphatic heterocycles. The van der Waals surface area contributed by atoms with Crippen LogP contribution in [-0.2, 0) is 5.41 Å². The molecule has 0 saturated heterocycles. The van der Waals surface area contributed by atoms with Gasteiger partial charge in [0.05, 0.1) is 16.4 Å². The summed E-state index contributed by atoms with van der Waals surface area (Å²) in [7, 11) is 0. The molecule has 0 bridgehead atoms. The number of nitrogens with zero attached hydrogens (tertiary/aromatic N) is 1. The maximum absolute atomic E-state index is 3.85. The molecule has 11 aromatic rings. The van der Waals surface area contributed by atoms with Crippen LogP contribution in [0, 0.1) is 5.92 Å². The van der Waals surface area contributed by atoms with Gasteiger partial charge in [0.1, 0.15) is 0 Å². The summed E-state index contributed by atoms with van der Waals surface area (Å²) < 4.78 is 2.52. The first-order valence-corrected chi connectivity index (χ1v) is 23.2. The van der Waals surface area contributed by atoms with Crippen molar-refractivity contribution in [1.29, 1.82) is 0 Å².